The van der Waals surface area contributed by atoms with Crippen molar-refractivity contribution in [3.05, 3.63) is 33.3 Å². The number of carbonyl (C=O) groups excluding carboxylic acids is 1. The average Bonchev–Trinajstić information content (AvgIpc) is 2.76. The van der Waals surface area contributed by atoms with E-state index < -0.39 is 0 Å². The molecule has 2 N–H and O–H groups in total. The molecule has 5 heteroatoms. The molecule has 19 heavy (non-hydrogen) atoms. The molecule has 2 unspecified atom stereocenters. The smallest absolute Gasteiger partial charge is 0.237 e. The minimum Gasteiger partial charge on any atom is -0.355 e. The van der Waals surface area contributed by atoms with Crippen LogP contribution in [0.2, 0.25) is 10.0 Å². The first-order chi connectivity index (χ1) is 9.15. The number of rotatable bonds is 2. The van der Waals surface area contributed by atoms with Gasteiger partial charge >= 0.3 is 0 Å². The molecule has 2 atom stereocenters. The molecule has 0 aromatic heterocycles. The van der Waals surface area contributed by atoms with E-state index in [0.29, 0.717) is 5.02 Å². The van der Waals surface area contributed by atoms with Crippen molar-refractivity contribution in [2.24, 2.45) is 0 Å². The lowest BCUT2D eigenvalue weighted by atomic mass is 10.0. The van der Waals surface area contributed by atoms with Crippen molar-refractivity contribution in [2.45, 2.75) is 37.8 Å². The Bertz CT molecular complexity index is 518. The van der Waals surface area contributed by atoms with Crippen LogP contribution in [0.5, 0.6) is 0 Å². The molecule has 0 radical (unpaired) electrons. The predicted octanol–water partition coefficient (Wildman–Crippen LogP) is 2.85. The second-order valence-corrected chi connectivity index (χ2v) is 6.04. The van der Waals surface area contributed by atoms with E-state index in [4.69, 9.17) is 23.2 Å². The van der Waals surface area contributed by atoms with Gasteiger partial charge in [0.15, 0.2) is 0 Å². The lowest BCUT2D eigenvalue weighted by molar-refractivity contribution is -0.124. The molecule has 1 aliphatic heterocycles. The molecule has 2 aliphatic rings. The SMILES string of the molecule is O=C1NCCCC1NC1CCc2c(Cl)cc(Cl)cc21. The van der Waals surface area contributed by atoms with E-state index in [1.807, 2.05) is 6.07 Å². The Hall–Kier alpha value is -0.770. The van der Waals surface area contributed by atoms with Crippen LogP contribution in [0.15, 0.2) is 12.1 Å². The quantitative estimate of drug-likeness (QED) is 0.881. The summed E-state index contributed by atoms with van der Waals surface area (Å²) in [5.74, 6) is 0.104. The van der Waals surface area contributed by atoms with Gasteiger partial charge < -0.3 is 5.32 Å². The minimum absolute atomic E-state index is 0.0949. The monoisotopic (exact) mass is 298 g/mol. The molecule has 0 saturated carbocycles. The van der Waals surface area contributed by atoms with E-state index in [-0.39, 0.29) is 18.0 Å². The Labute approximate surface area is 122 Å². The van der Waals surface area contributed by atoms with Crippen LogP contribution >= 0.6 is 23.2 Å². The molecule has 1 aromatic carbocycles. The molecule has 1 aromatic rings. The van der Waals surface area contributed by atoms with Gasteiger partial charge in [-0.15, -0.1) is 0 Å². The summed E-state index contributed by atoms with van der Waals surface area (Å²) in [5.41, 5.74) is 2.32. The van der Waals surface area contributed by atoms with Gasteiger partial charge in [-0.2, -0.15) is 0 Å². The van der Waals surface area contributed by atoms with Crippen molar-refractivity contribution in [3.63, 3.8) is 0 Å². The van der Waals surface area contributed by atoms with Crippen LogP contribution in [0.4, 0.5) is 0 Å². The Balaban J connectivity index is 1.80. The summed E-state index contributed by atoms with van der Waals surface area (Å²) < 4.78 is 0. The third-order valence-corrected chi connectivity index (χ3v) is 4.50. The average molecular weight is 299 g/mol. The van der Waals surface area contributed by atoms with Crippen molar-refractivity contribution in [2.75, 3.05) is 6.54 Å². The highest BCUT2D eigenvalue weighted by Crippen LogP contribution is 2.38. The molecule has 1 saturated heterocycles. The van der Waals surface area contributed by atoms with Gasteiger partial charge in [-0.3, -0.25) is 10.1 Å². The third-order valence-electron chi connectivity index (χ3n) is 3.94. The highest BCUT2D eigenvalue weighted by Gasteiger charge is 2.30. The molecule has 102 valence electrons. The fourth-order valence-electron chi connectivity index (χ4n) is 2.99. The van der Waals surface area contributed by atoms with Gasteiger partial charge in [0.2, 0.25) is 5.91 Å². The van der Waals surface area contributed by atoms with Gasteiger partial charge in [0.05, 0.1) is 6.04 Å². The van der Waals surface area contributed by atoms with Gasteiger partial charge in [-0.05, 0) is 48.9 Å². The maximum Gasteiger partial charge on any atom is 0.237 e. The topological polar surface area (TPSA) is 41.1 Å². The number of hydrogen-bond acceptors (Lipinski definition) is 2. The summed E-state index contributed by atoms with van der Waals surface area (Å²) in [6.45, 7) is 0.788. The molecular weight excluding hydrogens is 283 g/mol. The number of carbonyl (C=O) groups is 1. The summed E-state index contributed by atoms with van der Waals surface area (Å²) in [5, 5.41) is 7.74. The fourth-order valence-corrected chi connectivity index (χ4v) is 3.59. The van der Waals surface area contributed by atoms with Gasteiger partial charge in [-0.1, -0.05) is 23.2 Å². The zero-order valence-corrected chi connectivity index (χ0v) is 12.0. The van der Waals surface area contributed by atoms with E-state index in [2.05, 4.69) is 10.6 Å². The van der Waals surface area contributed by atoms with Crippen LogP contribution in [-0.2, 0) is 11.2 Å². The lowest BCUT2D eigenvalue weighted by Gasteiger charge is -2.26. The predicted molar refractivity (Wildman–Crippen MR) is 76.7 cm³/mol. The van der Waals surface area contributed by atoms with Crippen LogP contribution in [0.25, 0.3) is 0 Å². The first kappa shape index (κ1) is 13.2. The maximum atomic E-state index is 11.8. The number of amides is 1. The van der Waals surface area contributed by atoms with Crippen LogP contribution in [0.1, 0.15) is 36.4 Å². The normalized spacial score (nSPS) is 26.1. The molecule has 3 rings (SSSR count). The highest BCUT2D eigenvalue weighted by molar-refractivity contribution is 6.35. The molecule has 3 nitrogen and oxygen atoms in total. The zero-order chi connectivity index (χ0) is 13.4. The molecule has 1 amide bonds. The van der Waals surface area contributed by atoms with Gasteiger partial charge in [0.1, 0.15) is 0 Å². The maximum absolute atomic E-state index is 11.8. The minimum atomic E-state index is -0.0949. The molecule has 1 heterocycles. The van der Waals surface area contributed by atoms with Gasteiger partial charge in [-0.25, -0.2) is 0 Å². The number of halogens is 2. The van der Waals surface area contributed by atoms with Crippen molar-refractivity contribution in [1.29, 1.82) is 0 Å². The van der Waals surface area contributed by atoms with Crippen LogP contribution in [-0.4, -0.2) is 18.5 Å². The Morgan fingerprint density at radius 2 is 2.05 bits per heavy atom. The number of hydrogen-bond donors (Lipinski definition) is 2. The van der Waals surface area contributed by atoms with Crippen LogP contribution < -0.4 is 10.6 Å². The second-order valence-electron chi connectivity index (χ2n) is 5.20. The summed E-state index contributed by atoms with van der Waals surface area (Å²) >= 11 is 12.3. The molecule has 1 fully saturated rings. The van der Waals surface area contributed by atoms with E-state index in [1.54, 1.807) is 6.07 Å². The number of piperidine rings is 1. The zero-order valence-electron chi connectivity index (χ0n) is 10.5. The lowest BCUT2D eigenvalue weighted by Crippen LogP contribution is -2.49. The van der Waals surface area contributed by atoms with Gasteiger partial charge in [0, 0.05) is 22.6 Å². The summed E-state index contributed by atoms with van der Waals surface area (Å²) in [6.07, 6.45) is 3.84. The number of nitrogens with one attached hydrogen (secondary N) is 2. The first-order valence-corrected chi connectivity index (χ1v) is 7.42. The summed E-state index contributed by atoms with van der Waals surface area (Å²) in [4.78, 5) is 11.8. The van der Waals surface area contributed by atoms with Crippen LogP contribution in [0.3, 0.4) is 0 Å². The largest absolute Gasteiger partial charge is 0.355 e. The van der Waals surface area contributed by atoms with E-state index in [1.165, 1.54) is 5.56 Å². The molecule has 0 bridgehead atoms. The fraction of sp³-hybridized carbons (Fsp3) is 0.500. The van der Waals surface area contributed by atoms with Crippen molar-refractivity contribution >= 4 is 29.1 Å². The summed E-state index contributed by atoms with van der Waals surface area (Å²) in [6, 6.07) is 3.84. The Morgan fingerprint density at radius 1 is 1.21 bits per heavy atom. The second kappa shape index (κ2) is 5.31. The Kier molecular flexibility index (Phi) is 3.70. The van der Waals surface area contributed by atoms with Crippen molar-refractivity contribution in [1.82, 2.24) is 10.6 Å². The Morgan fingerprint density at radius 3 is 2.84 bits per heavy atom. The molecule has 0 spiro atoms. The third kappa shape index (κ3) is 2.60. The standard InChI is InChI=1S/C14H16Cl2N2O/c15-8-6-10-9(11(16)7-8)3-4-12(10)18-13-2-1-5-17-14(13)19/h6-7,12-13,18H,1-5H2,(H,17,19). The van der Waals surface area contributed by atoms with Gasteiger partial charge in [0.25, 0.3) is 0 Å². The van der Waals surface area contributed by atoms with Crippen molar-refractivity contribution in [3.8, 4) is 0 Å². The number of benzene rings is 1. The first-order valence-electron chi connectivity index (χ1n) is 6.67. The molecular formula is C14H16Cl2N2O. The van der Waals surface area contributed by atoms with E-state index in [9.17, 15) is 4.79 Å². The summed E-state index contributed by atoms with van der Waals surface area (Å²) in [7, 11) is 0. The number of fused-ring (bicyclic) bond motifs is 1. The highest BCUT2D eigenvalue weighted by atomic mass is 35.5. The van der Waals surface area contributed by atoms with E-state index >= 15 is 0 Å². The van der Waals surface area contributed by atoms with Crippen LogP contribution in [0, 0.1) is 0 Å². The molecule has 1 aliphatic carbocycles. The van der Waals surface area contributed by atoms with E-state index in [0.717, 1.165) is 42.8 Å². The van der Waals surface area contributed by atoms with Crippen molar-refractivity contribution < 1.29 is 4.79 Å².